The van der Waals surface area contributed by atoms with Gasteiger partial charge in [-0.1, -0.05) is 28.1 Å². The van der Waals surface area contributed by atoms with Crippen LogP contribution in [0.15, 0.2) is 40.9 Å². The first kappa shape index (κ1) is 15.1. The Hall–Kier alpha value is -1.33. The summed E-state index contributed by atoms with van der Waals surface area (Å²) in [4.78, 5) is 0. The largest absolute Gasteiger partial charge is 0.306 e. The molecule has 0 heterocycles. The van der Waals surface area contributed by atoms with E-state index in [4.69, 9.17) is 0 Å². The lowest BCUT2D eigenvalue weighted by atomic mass is 10.1. The van der Waals surface area contributed by atoms with Crippen LogP contribution in [-0.2, 0) is 6.54 Å². The van der Waals surface area contributed by atoms with Gasteiger partial charge in [-0.05, 0) is 36.8 Å². The fourth-order valence-electron chi connectivity index (χ4n) is 1.91. The van der Waals surface area contributed by atoms with Crippen LogP contribution in [0.3, 0.4) is 0 Å². The van der Waals surface area contributed by atoms with E-state index in [1.165, 1.54) is 24.3 Å². The van der Waals surface area contributed by atoms with E-state index in [1.807, 2.05) is 0 Å². The monoisotopic (exact) mass is 343 g/mol. The van der Waals surface area contributed by atoms with Crippen LogP contribution in [0, 0.1) is 17.5 Å². The Kier molecular flexibility index (Phi) is 4.83. The molecular formula is C15H13BrF3N. The summed E-state index contributed by atoms with van der Waals surface area (Å²) in [6, 6.07) is 8.03. The molecule has 0 aliphatic rings. The van der Waals surface area contributed by atoms with E-state index >= 15 is 0 Å². The molecule has 0 aromatic heterocycles. The van der Waals surface area contributed by atoms with E-state index < -0.39 is 11.6 Å². The minimum absolute atomic E-state index is 0.248. The number of benzene rings is 2. The van der Waals surface area contributed by atoms with Gasteiger partial charge in [0, 0.05) is 22.6 Å². The van der Waals surface area contributed by atoms with Crippen molar-refractivity contribution in [3.8, 4) is 0 Å². The Morgan fingerprint density at radius 2 is 1.90 bits per heavy atom. The summed E-state index contributed by atoms with van der Waals surface area (Å²) in [6.45, 7) is 2.07. The molecule has 0 radical (unpaired) electrons. The van der Waals surface area contributed by atoms with E-state index in [9.17, 15) is 13.2 Å². The van der Waals surface area contributed by atoms with E-state index in [0.717, 1.165) is 10.5 Å². The van der Waals surface area contributed by atoms with Crippen LogP contribution in [0.2, 0.25) is 0 Å². The van der Waals surface area contributed by atoms with Crippen molar-refractivity contribution in [3.05, 3.63) is 69.4 Å². The van der Waals surface area contributed by atoms with Gasteiger partial charge in [0.2, 0.25) is 0 Å². The number of hydrogen-bond acceptors (Lipinski definition) is 1. The highest BCUT2D eigenvalue weighted by molar-refractivity contribution is 9.10. The Morgan fingerprint density at radius 3 is 2.65 bits per heavy atom. The van der Waals surface area contributed by atoms with Crippen LogP contribution in [0.1, 0.15) is 24.1 Å². The maximum atomic E-state index is 13.6. The second kappa shape index (κ2) is 6.41. The van der Waals surface area contributed by atoms with Gasteiger partial charge in [0.15, 0.2) is 11.6 Å². The summed E-state index contributed by atoms with van der Waals surface area (Å²) in [7, 11) is 0. The molecule has 5 heteroatoms. The van der Waals surface area contributed by atoms with Crippen molar-refractivity contribution >= 4 is 15.9 Å². The van der Waals surface area contributed by atoms with Gasteiger partial charge < -0.3 is 5.32 Å². The van der Waals surface area contributed by atoms with E-state index in [2.05, 4.69) is 21.2 Å². The van der Waals surface area contributed by atoms with E-state index in [-0.39, 0.29) is 17.4 Å². The minimum Gasteiger partial charge on any atom is -0.306 e. The third-order valence-corrected chi connectivity index (χ3v) is 3.83. The molecular weight excluding hydrogens is 331 g/mol. The lowest BCUT2D eigenvalue weighted by Gasteiger charge is -2.16. The zero-order valence-corrected chi connectivity index (χ0v) is 12.3. The van der Waals surface area contributed by atoms with Crippen molar-refractivity contribution in [1.82, 2.24) is 5.32 Å². The zero-order valence-electron chi connectivity index (χ0n) is 10.8. The molecule has 0 fully saturated rings. The number of nitrogens with one attached hydrogen (secondary N) is 1. The van der Waals surface area contributed by atoms with Crippen LogP contribution >= 0.6 is 15.9 Å². The molecule has 2 aromatic rings. The Bertz CT molecular complexity index is 616. The summed E-state index contributed by atoms with van der Waals surface area (Å²) in [6.07, 6.45) is 0. The van der Waals surface area contributed by atoms with Crippen LogP contribution in [0.25, 0.3) is 0 Å². The molecule has 106 valence electrons. The highest BCUT2D eigenvalue weighted by Crippen LogP contribution is 2.21. The summed E-state index contributed by atoms with van der Waals surface area (Å²) < 4.78 is 40.7. The number of hydrogen-bond donors (Lipinski definition) is 1. The van der Waals surface area contributed by atoms with E-state index in [1.54, 1.807) is 13.0 Å². The predicted octanol–water partition coefficient (Wildman–Crippen LogP) is 4.72. The molecule has 1 N–H and O–H groups in total. The van der Waals surface area contributed by atoms with Gasteiger partial charge >= 0.3 is 0 Å². The quantitative estimate of drug-likeness (QED) is 0.847. The molecule has 0 aliphatic heterocycles. The van der Waals surface area contributed by atoms with Gasteiger partial charge in [-0.25, -0.2) is 13.2 Å². The molecule has 2 aromatic carbocycles. The predicted molar refractivity (Wildman–Crippen MR) is 75.7 cm³/mol. The summed E-state index contributed by atoms with van der Waals surface area (Å²) >= 11 is 3.32. The van der Waals surface area contributed by atoms with Gasteiger partial charge in [0.25, 0.3) is 0 Å². The maximum Gasteiger partial charge on any atom is 0.163 e. The summed E-state index contributed by atoms with van der Waals surface area (Å²) in [5.74, 6) is -2.07. The van der Waals surface area contributed by atoms with Crippen molar-refractivity contribution in [2.45, 2.75) is 19.5 Å². The second-order valence-corrected chi connectivity index (χ2v) is 5.34. The third kappa shape index (κ3) is 3.41. The average molecular weight is 344 g/mol. The van der Waals surface area contributed by atoms with Crippen molar-refractivity contribution in [2.24, 2.45) is 0 Å². The first-order valence-corrected chi connectivity index (χ1v) is 6.89. The van der Waals surface area contributed by atoms with Gasteiger partial charge in [0.05, 0.1) is 0 Å². The van der Waals surface area contributed by atoms with Gasteiger partial charge in [-0.3, -0.25) is 0 Å². The van der Waals surface area contributed by atoms with Crippen molar-refractivity contribution < 1.29 is 13.2 Å². The Balaban J connectivity index is 2.10. The van der Waals surface area contributed by atoms with Crippen LogP contribution in [-0.4, -0.2) is 0 Å². The van der Waals surface area contributed by atoms with Crippen molar-refractivity contribution in [1.29, 1.82) is 0 Å². The normalized spacial score (nSPS) is 12.4. The first-order chi connectivity index (χ1) is 9.49. The molecule has 0 saturated heterocycles. The van der Waals surface area contributed by atoms with Crippen molar-refractivity contribution in [3.63, 3.8) is 0 Å². The Labute approximate surface area is 123 Å². The van der Waals surface area contributed by atoms with Gasteiger partial charge in [0.1, 0.15) is 5.82 Å². The molecule has 20 heavy (non-hydrogen) atoms. The van der Waals surface area contributed by atoms with Crippen LogP contribution < -0.4 is 5.32 Å². The second-order valence-electron chi connectivity index (χ2n) is 4.48. The number of halogens is 4. The van der Waals surface area contributed by atoms with E-state index in [0.29, 0.717) is 12.1 Å². The highest BCUT2D eigenvalue weighted by atomic mass is 79.9. The van der Waals surface area contributed by atoms with Crippen LogP contribution in [0.5, 0.6) is 0 Å². The smallest absolute Gasteiger partial charge is 0.163 e. The molecule has 0 bridgehead atoms. The third-order valence-electron chi connectivity index (χ3n) is 3.05. The molecule has 2 rings (SSSR count). The summed E-state index contributed by atoms with van der Waals surface area (Å²) in [5, 5.41) is 3.05. The molecule has 1 nitrogen and oxygen atoms in total. The van der Waals surface area contributed by atoms with Crippen LogP contribution in [0.4, 0.5) is 13.2 Å². The lowest BCUT2D eigenvalue weighted by molar-refractivity contribution is 0.472. The average Bonchev–Trinajstić information content (AvgIpc) is 2.42. The fraction of sp³-hybridized carbons (Fsp3) is 0.200. The van der Waals surface area contributed by atoms with Gasteiger partial charge in [-0.2, -0.15) is 0 Å². The SMILES string of the molecule is CC(NCc1cc(F)ccc1Br)c1cccc(F)c1F. The van der Waals surface area contributed by atoms with Crippen molar-refractivity contribution in [2.75, 3.05) is 0 Å². The summed E-state index contributed by atoms with van der Waals surface area (Å²) in [5.41, 5.74) is 0.964. The fourth-order valence-corrected chi connectivity index (χ4v) is 2.29. The standard InChI is InChI=1S/C15H13BrF3N/c1-9(12-3-2-4-14(18)15(12)19)20-8-10-7-11(17)5-6-13(10)16/h2-7,9,20H,8H2,1H3. The highest BCUT2D eigenvalue weighted by Gasteiger charge is 2.14. The molecule has 0 saturated carbocycles. The first-order valence-electron chi connectivity index (χ1n) is 6.10. The molecule has 0 spiro atoms. The topological polar surface area (TPSA) is 12.0 Å². The molecule has 1 unspecified atom stereocenters. The zero-order chi connectivity index (χ0) is 14.7. The molecule has 0 amide bonds. The Morgan fingerprint density at radius 1 is 1.15 bits per heavy atom. The van der Waals surface area contributed by atoms with Gasteiger partial charge in [-0.15, -0.1) is 0 Å². The minimum atomic E-state index is -0.872. The maximum absolute atomic E-state index is 13.6. The lowest BCUT2D eigenvalue weighted by Crippen LogP contribution is -2.19. The molecule has 1 atom stereocenters. The number of rotatable bonds is 4. The molecule has 0 aliphatic carbocycles.